The highest BCUT2D eigenvalue weighted by Crippen LogP contribution is 2.62. The smallest absolute Gasteiger partial charge is 0.222 e. The number of likely N-dealkylation sites (tertiary alicyclic amines) is 1. The fourth-order valence-corrected chi connectivity index (χ4v) is 6.37. The molecule has 7 heteroatoms. The van der Waals surface area contributed by atoms with Gasteiger partial charge in [0, 0.05) is 30.0 Å². The minimum absolute atomic E-state index is 0.0738. The topological polar surface area (TPSA) is 40.2 Å². The summed E-state index contributed by atoms with van der Waals surface area (Å²) >= 11 is 6.83. The molecule has 1 fully saturated rings. The predicted octanol–water partition coefficient (Wildman–Crippen LogP) is 3.15. The average molecular weight is 420 g/mol. The summed E-state index contributed by atoms with van der Waals surface area (Å²) in [6.45, 7) is 1.06. The fourth-order valence-electron chi connectivity index (χ4n) is 5.72. The van der Waals surface area contributed by atoms with E-state index in [-0.39, 0.29) is 17.6 Å². The molecule has 0 saturated carbocycles. The number of nitrogens with zero attached hydrogens (tertiary/aromatic N) is 1. The lowest BCUT2D eigenvalue weighted by Gasteiger charge is -2.56. The third-order valence-electron chi connectivity index (χ3n) is 6.86. The van der Waals surface area contributed by atoms with Crippen LogP contribution in [0.5, 0.6) is 11.5 Å². The highest BCUT2D eigenvalue weighted by molar-refractivity contribution is 8.22. The van der Waals surface area contributed by atoms with Gasteiger partial charge in [0.25, 0.3) is 0 Å². The largest absolute Gasteiger partial charge is 0.493 e. The molecule has 2 aliphatic heterocycles. The maximum atomic E-state index is 6.63. The molecular weight excluding hydrogens is 394 g/mol. The van der Waals surface area contributed by atoms with Crippen LogP contribution in [-0.4, -0.2) is 61.3 Å². The molecule has 0 radical (unpaired) electrons. The van der Waals surface area contributed by atoms with Gasteiger partial charge in [-0.2, -0.15) is 0 Å². The quantitative estimate of drug-likeness (QED) is 0.422. The number of thiocarbonyl (C=S) groups is 1. The molecule has 0 unspecified atom stereocenters. The Kier molecular flexibility index (Phi) is 4.62. The summed E-state index contributed by atoms with van der Waals surface area (Å²) in [4.78, 5) is 2.50. The van der Waals surface area contributed by atoms with Gasteiger partial charge in [-0.15, -0.1) is 0 Å². The fraction of sp³-hybridized carbons (Fsp3) is 0.571. The Labute approximate surface area is 175 Å². The van der Waals surface area contributed by atoms with Gasteiger partial charge in [-0.25, -0.2) is 0 Å². The van der Waals surface area contributed by atoms with Crippen molar-refractivity contribution in [2.24, 2.45) is 5.92 Å². The zero-order valence-corrected chi connectivity index (χ0v) is 18.0. The van der Waals surface area contributed by atoms with E-state index in [0.29, 0.717) is 22.3 Å². The zero-order chi connectivity index (χ0) is 19.5. The van der Waals surface area contributed by atoms with Crippen LogP contribution < -0.4 is 9.47 Å². The van der Waals surface area contributed by atoms with Gasteiger partial charge < -0.3 is 23.8 Å². The van der Waals surface area contributed by atoms with Crippen molar-refractivity contribution in [2.45, 2.75) is 36.5 Å². The number of likely N-dealkylation sites (N-methyl/N-ethyl adjacent to an activating group) is 1. The average Bonchev–Trinajstić information content (AvgIpc) is 3.05. The van der Waals surface area contributed by atoms with E-state index in [2.05, 4.69) is 30.2 Å². The lowest BCUT2D eigenvalue weighted by molar-refractivity contribution is -0.0396. The van der Waals surface area contributed by atoms with Crippen LogP contribution in [-0.2, 0) is 21.3 Å². The first-order chi connectivity index (χ1) is 13.6. The molecule has 150 valence electrons. The van der Waals surface area contributed by atoms with E-state index in [9.17, 15) is 0 Å². The Morgan fingerprint density at radius 2 is 2.21 bits per heavy atom. The van der Waals surface area contributed by atoms with E-state index in [1.54, 1.807) is 14.2 Å². The van der Waals surface area contributed by atoms with E-state index < -0.39 is 0 Å². The molecule has 5 rings (SSSR count). The molecule has 5 atom stereocenters. The van der Waals surface area contributed by atoms with Gasteiger partial charge in [-0.3, -0.25) is 0 Å². The number of piperidine rings is 1. The van der Waals surface area contributed by atoms with E-state index >= 15 is 0 Å². The normalized spacial score (nSPS) is 34.5. The van der Waals surface area contributed by atoms with E-state index in [0.717, 1.165) is 30.9 Å². The van der Waals surface area contributed by atoms with Gasteiger partial charge in [0.2, 0.25) is 4.38 Å². The summed E-state index contributed by atoms with van der Waals surface area (Å²) in [6.07, 6.45) is 6.30. The summed E-state index contributed by atoms with van der Waals surface area (Å²) in [5.74, 6) is 2.62. The number of rotatable bonds is 4. The van der Waals surface area contributed by atoms with Gasteiger partial charge in [-0.05, 0) is 68.1 Å². The number of ether oxygens (including phenoxy) is 4. The molecule has 0 aromatic heterocycles. The second-order valence-corrected chi connectivity index (χ2v) is 9.53. The number of benzene rings is 1. The summed E-state index contributed by atoms with van der Waals surface area (Å²) in [6, 6.07) is 4.75. The van der Waals surface area contributed by atoms with Crippen molar-refractivity contribution in [1.82, 2.24) is 4.90 Å². The molecular formula is C21H25NO4S2. The van der Waals surface area contributed by atoms with Gasteiger partial charge in [0.05, 0.1) is 7.11 Å². The van der Waals surface area contributed by atoms with Crippen LogP contribution in [0.3, 0.4) is 0 Å². The minimum atomic E-state index is -0.208. The van der Waals surface area contributed by atoms with Crippen molar-refractivity contribution in [3.05, 3.63) is 35.4 Å². The molecule has 5 nitrogen and oxygen atoms in total. The van der Waals surface area contributed by atoms with E-state index in [1.807, 2.05) is 6.07 Å². The molecule has 0 amide bonds. The summed E-state index contributed by atoms with van der Waals surface area (Å²) in [7, 11) is 5.61. The van der Waals surface area contributed by atoms with Crippen LogP contribution in [0.15, 0.2) is 24.3 Å². The molecule has 1 aromatic rings. The Morgan fingerprint density at radius 3 is 3.00 bits per heavy atom. The van der Waals surface area contributed by atoms with Crippen molar-refractivity contribution < 1.29 is 18.9 Å². The molecule has 1 saturated heterocycles. The third-order valence-corrected chi connectivity index (χ3v) is 8.00. The van der Waals surface area contributed by atoms with E-state index in [4.69, 9.17) is 31.2 Å². The lowest BCUT2D eigenvalue weighted by atomic mass is 9.53. The number of hydrogen-bond donors (Lipinski definition) is 0. The van der Waals surface area contributed by atoms with Crippen molar-refractivity contribution in [3.63, 3.8) is 0 Å². The first-order valence-electron chi connectivity index (χ1n) is 9.68. The Hall–Kier alpha value is -1.28. The van der Waals surface area contributed by atoms with Gasteiger partial charge >= 0.3 is 0 Å². The molecule has 1 spiro atoms. The first-order valence-corrected chi connectivity index (χ1v) is 11.1. The van der Waals surface area contributed by atoms with Crippen LogP contribution in [0.25, 0.3) is 0 Å². The molecule has 1 aromatic carbocycles. The van der Waals surface area contributed by atoms with Crippen molar-refractivity contribution in [1.29, 1.82) is 0 Å². The van der Waals surface area contributed by atoms with Crippen molar-refractivity contribution in [3.8, 4) is 11.5 Å². The molecule has 4 aliphatic rings. The first kappa shape index (κ1) is 18.7. The summed E-state index contributed by atoms with van der Waals surface area (Å²) < 4.78 is 24.1. The van der Waals surface area contributed by atoms with Crippen LogP contribution in [0.1, 0.15) is 17.5 Å². The van der Waals surface area contributed by atoms with Gasteiger partial charge in [0.15, 0.2) is 17.6 Å². The van der Waals surface area contributed by atoms with Crippen LogP contribution in [0, 0.1) is 5.92 Å². The predicted molar refractivity (Wildman–Crippen MR) is 113 cm³/mol. The minimum Gasteiger partial charge on any atom is -0.493 e. The third kappa shape index (κ3) is 2.49. The Balaban J connectivity index is 1.59. The van der Waals surface area contributed by atoms with Crippen molar-refractivity contribution in [2.75, 3.05) is 33.8 Å². The summed E-state index contributed by atoms with van der Waals surface area (Å²) in [5.41, 5.74) is 2.66. The van der Waals surface area contributed by atoms with Gasteiger partial charge in [0.1, 0.15) is 12.0 Å². The summed E-state index contributed by atoms with van der Waals surface area (Å²) in [5, 5.41) is 0. The molecule has 2 aliphatic carbocycles. The Bertz CT molecular complexity index is 844. The standard InChI is InChI=1S/C21H25NO4S2/c1-22-9-8-21-13-5-7-16(25-20(27)28-11-23-2)19(21)26-18-15(24-3)6-4-12(17(18)21)10-14(13)22/h4-7,13-14,16,19H,8-11H2,1-3H3/t13-,14+,16-,19-,21-/m0/s1. The second kappa shape index (κ2) is 6.90. The van der Waals surface area contributed by atoms with Crippen LogP contribution in [0.4, 0.5) is 0 Å². The highest BCUT2D eigenvalue weighted by atomic mass is 32.2. The van der Waals surface area contributed by atoms with Crippen LogP contribution >= 0.6 is 24.0 Å². The molecule has 0 N–H and O–H groups in total. The number of thioether (sulfide) groups is 1. The second-order valence-electron chi connectivity index (χ2n) is 8.01. The number of hydrogen-bond acceptors (Lipinski definition) is 7. The molecule has 28 heavy (non-hydrogen) atoms. The zero-order valence-electron chi connectivity index (χ0n) is 16.3. The van der Waals surface area contributed by atoms with E-state index in [1.165, 1.54) is 22.9 Å². The molecule has 2 heterocycles. The monoisotopic (exact) mass is 419 g/mol. The lowest BCUT2D eigenvalue weighted by Crippen LogP contribution is -2.65. The maximum absolute atomic E-state index is 6.63. The molecule has 2 bridgehead atoms. The Morgan fingerprint density at radius 1 is 1.36 bits per heavy atom. The maximum Gasteiger partial charge on any atom is 0.222 e. The van der Waals surface area contributed by atoms with Crippen molar-refractivity contribution >= 4 is 28.4 Å². The SMILES string of the molecule is COCSC(=S)O[C@H]1C=C[C@H]2[C@H]3Cc4ccc(OC)c5c4[C@@]2(CCN3C)[C@H]1O5. The highest BCUT2D eigenvalue weighted by Gasteiger charge is 2.65. The van der Waals surface area contributed by atoms with Crippen LogP contribution in [0.2, 0.25) is 0 Å². The number of methoxy groups -OCH3 is 2. The van der Waals surface area contributed by atoms with Gasteiger partial charge in [-0.1, -0.05) is 12.1 Å².